The van der Waals surface area contributed by atoms with E-state index in [4.69, 9.17) is 44.3 Å². The first-order chi connectivity index (χ1) is 12.4. The van der Waals surface area contributed by atoms with E-state index < -0.39 is 0 Å². The van der Waals surface area contributed by atoms with Crippen LogP contribution in [-0.2, 0) is 13.2 Å². The Bertz CT molecular complexity index is 739. The minimum Gasteiger partial charge on any atom is -0.493 e. The molecule has 0 spiro atoms. The smallest absolute Gasteiger partial charge is 0.180 e. The van der Waals surface area contributed by atoms with Crippen LogP contribution in [0.1, 0.15) is 11.1 Å². The number of ether oxygens (including phenoxy) is 2. The molecule has 0 radical (unpaired) electrons. The Kier molecular flexibility index (Phi) is 8.32. The van der Waals surface area contributed by atoms with Gasteiger partial charge in [0.05, 0.1) is 22.2 Å². The highest BCUT2D eigenvalue weighted by molar-refractivity contribution is 6.42. The van der Waals surface area contributed by atoms with Gasteiger partial charge in [-0.2, -0.15) is 0 Å². The number of nitrogens with zero attached hydrogens (tertiary/aromatic N) is 1. The molecule has 0 fully saturated rings. The number of hydrogen-bond donors (Lipinski definition) is 1. The topological polar surface area (TPSA) is 33.7 Å². The van der Waals surface area contributed by atoms with Gasteiger partial charge in [0.1, 0.15) is 6.61 Å². The number of likely N-dealkylation sites (N-methyl/N-ethyl adjacent to an activating group) is 1. The Morgan fingerprint density at radius 3 is 2.35 bits per heavy atom. The molecule has 0 bridgehead atoms. The molecular formula is C19H23Cl3N2O2. The molecule has 4 nitrogen and oxygen atoms in total. The fourth-order valence-electron chi connectivity index (χ4n) is 2.34. The third-order valence-electron chi connectivity index (χ3n) is 3.72. The molecule has 0 aliphatic rings. The zero-order valence-corrected chi connectivity index (χ0v) is 17.4. The van der Waals surface area contributed by atoms with Crippen LogP contribution in [0.5, 0.6) is 11.5 Å². The molecule has 0 heterocycles. The lowest BCUT2D eigenvalue weighted by molar-refractivity contribution is 0.284. The molecule has 142 valence electrons. The van der Waals surface area contributed by atoms with Crippen LogP contribution < -0.4 is 14.8 Å². The lowest BCUT2D eigenvalue weighted by Crippen LogP contribution is -2.26. The van der Waals surface area contributed by atoms with Crippen molar-refractivity contribution in [1.82, 2.24) is 10.2 Å². The van der Waals surface area contributed by atoms with Crippen LogP contribution in [0.25, 0.3) is 0 Å². The van der Waals surface area contributed by atoms with Gasteiger partial charge in [-0.25, -0.2) is 0 Å². The first-order valence-electron chi connectivity index (χ1n) is 8.19. The number of benzene rings is 2. The van der Waals surface area contributed by atoms with E-state index in [2.05, 4.69) is 10.2 Å². The SMILES string of the molecule is COc1cc(CNCCN(C)C)cc(Cl)c1OCc1ccc(Cl)c(Cl)c1. The molecule has 7 heteroatoms. The molecular weight excluding hydrogens is 395 g/mol. The molecule has 2 aromatic rings. The monoisotopic (exact) mass is 416 g/mol. The van der Waals surface area contributed by atoms with Crippen molar-refractivity contribution in [2.75, 3.05) is 34.3 Å². The van der Waals surface area contributed by atoms with Gasteiger partial charge in [-0.1, -0.05) is 40.9 Å². The summed E-state index contributed by atoms with van der Waals surface area (Å²) in [4.78, 5) is 2.13. The van der Waals surface area contributed by atoms with Crippen molar-refractivity contribution in [1.29, 1.82) is 0 Å². The van der Waals surface area contributed by atoms with E-state index in [1.807, 2.05) is 32.3 Å². The molecule has 2 aromatic carbocycles. The summed E-state index contributed by atoms with van der Waals surface area (Å²) < 4.78 is 11.3. The summed E-state index contributed by atoms with van der Waals surface area (Å²) in [6, 6.07) is 9.19. The number of methoxy groups -OCH3 is 1. The summed E-state index contributed by atoms with van der Waals surface area (Å²) >= 11 is 18.4. The summed E-state index contributed by atoms with van der Waals surface area (Å²) in [6.07, 6.45) is 0. The van der Waals surface area contributed by atoms with E-state index in [-0.39, 0.29) is 0 Å². The summed E-state index contributed by atoms with van der Waals surface area (Å²) in [7, 11) is 5.68. The van der Waals surface area contributed by atoms with Crippen LogP contribution in [0.15, 0.2) is 30.3 Å². The molecule has 0 atom stereocenters. The highest BCUT2D eigenvalue weighted by atomic mass is 35.5. The lowest BCUT2D eigenvalue weighted by atomic mass is 10.2. The number of nitrogens with one attached hydrogen (secondary N) is 1. The Morgan fingerprint density at radius 1 is 0.962 bits per heavy atom. The maximum atomic E-state index is 6.41. The highest BCUT2D eigenvalue weighted by Crippen LogP contribution is 2.37. The van der Waals surface area contributed by atoms with E-state index >= 15 is 0 Å². The van der Waals surface area contributed by atoms with Gasteiger partial charge < -0.3 is 19.7 Å². The normalized spacial score (nSPS) is 11.0. The third-order valence-corrected chi connectivity index (χ3v) is 4.74. The number of hydrogen-bond acceptors (Lipinski definition) is 4. The standard InChI is InChI=1S/C19H23Cl3N2O2/c1-24(2)7-6-23-11-14-9-17(22)19(18(10-14)25-3)26-12-13-4-5-15(20)16(21)8-13/h4-5,8-10,23H,6-7,11-12H2,1-3H3. The van der Waals surface area contributed by atoms with Gasteiger partial charge in [0.25, 0.3) is 0 Å². The van der Waals surface area contributed by atoms with Gasteiger partial charge in [0.2, 0.25) is 0 Å². The summed E-state index contributed by atoms with van der Waals surface area (Å²) in [5.41, 5.74) is 1.93. The van der Waals surface area contributed by atoms with Gasteiger partial charge in [-0.3, -0.25) is 0 Å². The van der Waals surface area contributed by atoms with Crippen molar-refractivity contribution in [3.05, 3.63) is 56.5 Å². The molecule has 26 heavy (non-hydrogen) atoms. The van der Waals surface area contributed by atoms with Gasteiger partial charge in [-0.15, -0.1) is 0 Å². The van der Waals surface area contributed by atoms with Crippen molar-refractivity contribution in [3.63, 3.8) is 0 Å². The summed E-state index contributed by atoms with van der Waals surface area (Å²) in [5, 5.41) is 4.89. The molecule has 0 saturated carbocycles. The van der Waals surface area contributed by atoms with E-state index in [0.717, 1.165) is 24.2 Å². The van der Waals surface area contributed by atoms with Crippen molar-refractivity contribution in [2.24, 2.45) is 0 Å². The maximum absolute atomic E-state index is 6.41. The minimum atomic E-state index is 0.313. The average Bonchev–Trinajstić information content (AvgIpc) is 2.60. The highest BCUT2D eigenvalue weighted by Gasteiger charge is 2.13. The molecule has 0 saturated heterocycles. The zero-order chi connectivity index (χ0) is 19.1. The lowest BCUT2D eigenvalue weighted by Gasteiger charge is -2.15. The second kappa shape index (κ2) is 10.2. The van der Waals surface area contributed by atoms with Crippen LogP contribution in [0, 0.1) is 0 Å². The fraction of sp³-hybridized carbons (Fsp3) is 0.368. The largest absolute Gasteiger partial charge is 0.493 e. The first kappa shape index (κ1) is 21.1. The fourth-order valence-corrected chi connectivity index (χ4v) is 2.94. The van der Waals surface area contributed by atoms with Crippen LogP contribution in [-0.4, -0.2) is 39.2 Å². The molecule has 1 N–H and O–H groups in total. The van der Waals surface area contributed by atoms with E-state index in [1.54, 1.807) is 19.2 Å². The average molecular weight is 418 g/mol. The molecule has 0 amide bonds. The third kappa shape index (κ3) is 6.22. The Labute approximate surface area is 169 Å². The van der Waals surface area contributed by atoms with Crippen molar-refractivity contribution in [2.45, 2.75) is 13.2 Å². The van der Waals surface area contributed by atoms with Crippen LogP contribution >= 0.6 is 34.8 Å². The predicted molar refractivity (Wildman–Crippen MR) is 109 cm³/mol. The number of rotatable bonds is 9. The Morgan fingerprint density at radius 2 is 1.69 bits per heavy atom. The zero-order valence-electron chi connectivity index (χ0n) is 15.1. The van der Waals surface area contributed by atoms with E-state index in [1.165, 1.54) is 0 Å². The van der Waals surface area contributed by atoms with Crippen LogP contribution in [0.2, 0.25) is 15.1 Å². The minimum absolute atomic E-state index is 0.313. The van der Waals surface area contributed by atoms with Crippen LogP contribution in [0.4, 0.5) is 0 Å². The van der Waals surface area contributed by atoms with Gasteiger partial charge in [0, 0.05) is 19.6 Å². The second-order valence-corrected chi connectivity index (χ2v) is 7.35. The quantitative estimate of drug-likeness (QED) is 0.589. The van der Waals surface area contributed by atoms with Crippen molar-refractivity contribution in [3.8, 4) is 11.5 Å². The van der Waals surface area contributed by atoms with Gasteiger partial charge >= 0.3 is 0 Å². The predicted octanol–water partition coefficient (Wildman–Crippen LogP) is 4.89. The van der Waals surface area contributed by atoms with Crippen LogP contribution in [0.3, 0.4) is 0 Å². The number of halogens is 3. The van der Waals surface area contributed by atoms with E-state index in [0.29, 0.717) is 39.7 Å². The molecule has 0 unspecified atom stereocenters. The second-order valence-electron chi connectivity index (χ2n) is 6.13. The Hall–Kier alpha value is -1.17. The van der Waals surface area contributed by atoms with Gasteiger partial charge in [0.15, 0.2) is 11.5 Å². The van der Waals surface area contributed by atoms with Crippen molar-refractivity contribution < 1.29 is 9.47 Å². The molecule has 0 aromatic heterocycles. The maximum Gasteiger partial charge on any atom is 0.180 e. The summed E-state index contributed by atoms with van der Waals surface area (Å²) in [6.45, 7) is 2.88. The molecule has 2 rings (SSSR count). The first-order valence-corrected chi connectivity index (χ1v) is 9.32. The van der Waals surface area contributed by atoms with E-state index in [9.17, 15) is 0 Å². The summed E-state index contributed by atoms with van der Waals surface area (Å²) in [5.74, 6) is 1.11. The molecule has 0 aliphatic heterocycles. The molecule has 0 aliphatic carbocycles. The van der Waals surface area contributed by atoms with Crippen molar-refractivity contribution >= 4 is 34.8 Å². The Balaban J connectivity index is 2.04. The van der Waals surface area contributed by atoms with Gasteiger partial charge in [-0.05, 0) is 49.5 Å².